The van der Waals surface area contributed by atoms with Crippen LogP contribution in [-0.2, 0) is 38.4 Å². The van der Waals surface area contributed by atoms with Gasteiger partial charge in [-0.1, -0.05) is 133 Å². The fourth-order valence-corrected chi connectivity index (χ4v) is 18.3. The fraction of sp³-hybridized carbons (Fsp3) is 0.320. The third kappa shape index (κ3) is 23.2. The van der Waals surface area contributed by atoms with Crippen LogP contribution in [0, 0.1) is 153 Å². The summed E-state index contributed by atoms with van der Waals surface area (Å²) in [5.74, 6) is -10.3. The minimum atomic E-state index is -2.38. The first-order valence-electron chi connectivity index (χ1n) is 44.1. The van der Waals surface area contributed by atoms with Crippen LogP contribution >= 0.6 is 0 Å². The van der Waals surface area contributed by atoms with E-state index in [9.17, 15) is 69.1 Å². The van der Waals surface area contributed by atoms with Crippen LogP contribution in [0.5, 0.6) is 0 Å². The third-order valence-corrected chi connectivity index (χ3v) is 24.8. The van der Waals surface area contributed by atoms with Gasteiger partial charge in [-0.05, 0) is 265 Å². The van der Waals surface area contributed by atoms with E-state index in [1.807, 2.05) is 13.8 Å². The Bertz CT molecular complexity index is 6560. The van der Waals surface area contributed by atoms with E-state index >= 15 is 8.78 Å². The number of amides is 4. The summed E-state index contributed by atoms with van der Waals surface area (Å²) >= 11 is 0. The number of ketones is 4. The van der Waals surface area contributed by atoms with Crippen molar-refractivity contribution >= 4 is 69.5 Å². The summed E-state index contributed by atoms with van der Waals surface area (Å²) in [6.07, 6.45) is 43.3. The van der Waals surface area contributed by atoms with Crippen LogP contribution in [0.3, 0.4) is 0 Å². The molecule has 0 spiro atoms. The number of rotatable bonds is 28. The van der Waals surface area contributed by atoms with Gasteiger partial charge in [-0.2, -0.15) is 0 Å². The summed E-state index contributed by atoms with van der Waals surface area (Å²) in [5, 5.41) is 44.3. The summed E-state index contributed by atoms with van der Waals surface area (Å²) in [4.78, 5) is 111. The Balaban J connectivity index is 0.000000154. The van der Waals surface area contributed by atoms with Gasteiger partial charge >= 0.3 is 23.6 Å². The number of aryl methyl sites for hydroxylation is 4. The first-order chi connectivity index (χ1) is 66.0. The molecule has 4 aliphatic carbocycles. The number of carbonyl (C=O) groups excluding carboxylic acids is 8. The van der Waals surface area contributed by atoms with E-state index in [1.165, 1.54) is 125 Å². The van der Waals surface area contributed by atoms with Crippen molar-refractivity contribution < 1.29 is 77.9 Å². The van der Waals surface area contributed by atoms with Crippen LogP contribution < -0.4 is 19.6 Å². The van der Waals surface area contributed by atoms with Crippen LogP contribution in [0.25, 0.3) is 22.7 Å². The maximum atomic E-state index is 15.0. The summed E-state index contributed by atoms with van der Waals surface area (Å²) in [5.41, 5.74) is 6.13. The highest BCUT2D eigenvalue weighted by molar-refractivity contribution is 6.13. The molecule has 4 saturated carbocycles. The number of anilines is 4. The minimum Gasteiger partial charge on any atom is -0.297 e. The Morgan fingerprint density at radius 2 is 0.599 bits per heavy atom. The maximum Gasteiger partial charge on any atom is 0.303 e. The molecule has 137 heavy (non-hydrogen) atoms. The van der Waals surface area contributed by atoms with E-state index < -0.39 is 111 Å². The number of terminal acetylenes is 4. The molecule has 0 N–H and O–H groups in total. The van der Waals surface area contributed by atoms with Gasteiger partial charge in [0.25, 0.3) is 0 Å². The van der Waals surface area contributed by atoms with Crippen molar-refractivity contribution in [2.45, 2.75) is 180 Å². The van der Waals surface area contributed by atoms with E-state index in [0.717, 1.165) is 125 Å². The average Bonchev–Trinajstić information content (AvgIpc) is 0.947. The van der Waals surface area contributed by atoms with Gasteiger partial charge in [0.05, 0.1) is 28.3 Å². The van der Waals surface area contributed by atoms with Gasteiger partial charge < -0.3 is 0 Å². The van der Waals surface area contributed by atoms with Crippen molar-refractivity contribution in [3.63, 3.8) is 0 Å². The highest BCUT2D eigenvalue weighted by Gasteiger charge is 2.43. The number of halogens is 9. The van der Waals surface area contributed by atoms with Crippen LogP contribution in [0.2, 0.25) is 0 Å². The average molecular weight is 1870 g/mol. The van der Waals surface area contributed by atoms with Gasteiger partial charge in [0.15, 0.2) is 58.0 Å². The predicted octanol–water partition coefficient (Wildman–Crippen LogP) is 16.6. The van der Waals surface area contributed by atoms with Gasteiger partial charge in [0, 0.05) is 48.4 Å². The number of hydrogen-bond donors (Lipinski definition) is 0. The Morgan fingerprint density at radius 1 is 0.321 bits per heavy atom. The number of tetrazole rings is 4. The lowest BCUT2D eigenvalue weighted by Crippen LogP contribution is -2.40. The molecule has 702 valence electrons. The number of aromatic nitrogens is 16. The molecule has 4 atom stereocenters. The Morgan fingerprint density at radius 3 is 0.876 bits per heavy atom. The zero-order valence-corrected chi connectivity index (χ0v) is 74.8. The third-order valence-electron chi connectivity index (χ3n) is 24.8. The molecule has 0 aliphatic heterocycles. The largest absolute Gasteiger partial charge is 0.303 e. The van der Waals surface area contributed by atoms with Crippen molar-refractivity contribution in [2.75, 3.05) is 19.6 Å². The summed E-state index contributed by atoms with van der Waals surface area (Å²) in [6, 6.07) is 28.8. The topological polar surface area (TPSA) is 324 Å². The Hall–Kier alpha value is -15.8. The molecule has 4 amide bonds. The number of nitrogens with zero attached hydrogens (tertiary/aromatic N) is 20. The van der Waals surface area contributed by atoms with Crippen LogP contribution in [0.4, 0.5) is 62.3 Å². The molecular formula is C100H91F9N20O8. The molecule has 28 nitrogen and oxygen atoms in total. The molecule has 37 heteroatoms. The van der Waals surface area contributed by atoms with Gasteiger partial charge in [-0.25, -0.2) is 58.2 Å². The lowest BCUT2D eigenvalue weighted by Gasteiger charge is -2.31. The van der Waals surface area contributed by atoms with Crippen molar-refractivity contribution in [1.82, 2.24) is 80.8 Å². The van der Waals surface area contributed by atoms with E-state index in [1.54, 1.807) is 80.4 Å². The van der Waals surface area contributed by atoms with E-state index in [0.29, 0.717) is 81.3 Å². The second-order valence-corrected chi connectivity index (χ2v) is 33.8. The molecule has 4 aliphatic rings. The van der Waals surface area contributed by atoms with E-state index in [2.05, 4.69) is 79.9 Å². The Labute approximate surface area is 781 Å². The number of Topliss-reactive ketones (excluding diaryl/α,β-unsaturated/α-hetero) is 4. The van der Waals surface area contributed by atoms with Crippen molar-refractivity contribution in [1.29, 1.82) is 0 Å². The van der Waals surface area contributed by atoms with Crippen molar-refractivity contribution in [3.8, 4) is 72.1 Å². The van der Waals surface area contributed by atoms with E-state index in [-0.39, 0.29) is 65.1 Å². The smallest absolute Gasteiger partial charge is 0.297 e. The lowest BCUT2D eigenvalue weighted by atomic mass is 9.91. The highest BCUT2D eigenvalue weighted by atomic mass is 19.2. The molecule has 0 bridgehead atoms. The fourth-order valence-electron chi connectivity index (χ4n) is 18.3. The Kier molecular flexibility index (Phi) is 32.6. The van der Waals surface area contributed by atoms with E-state index in [4.69, 9.17) is 25.7 Å². The maximum absolute atomic E-state index is 15.0. The van der Waals surface area contributed by atoms with Crippen LogP contribution in [0.1, 0.15) is 197 Å². The standard InChI is InChI=1S/C25H20F5N5O2.C25H23F2N5O2.2C25H24FN5O2/c1-3-18(37)35(15-8-9-16(13(2)10-15)34-12-31-32-33-34)25(17(36)11-14-6-4-5-7-14)19-20(26)22(28)24(30)23(29)21(19)27;1-3-24(34)32(19-9-11-22(16(2)12-19)31-15-28-29-30-31)25(18-8-10-20(26)21(27)14-18)23(33)13-17-6-4-5-7-17;1-3-24(33)31(21-11-12-22(17(2)13-21)30-16-27-28-29-30)25(19-9-6-10-20(26)15-19)23(32)14-18-7-4-5-8-18;1-3-24(33)31(21-12-13-22(17(2)14-21)30-16-27-28-29-30)25(19-8-10-20(26)11-9-19)23(32)15-18-6-4-5-7-18/h1,8-10,12,14,25H,4-7,11H2,2H3;1,8-12,14-15,17,25H,4-7,13H2,2H3;1,6,9-13,15-16,18,25H,4-5,7-8,14H2,2H3;1,8-14,16,18,25H,4-7,15H2,2H3. The number of carbonyl (C=O) groups is 8. The number of benzene rings is 8. The first kappa shape index (κ1) is 98.7. The molecule has 4 aromatic heterocycles. The quantitative estimate of drug-likeness (QED) is 0.0190. The van der Waals surface area contributed by atoms with Gasteiger partial charge in [-0.15, -0.1) is 46.1 Å². The SMILES string of the molecule is C#CC(=O)N(c1ccc(-n2cnnn2)c(C)c1)C(C(=O)CC1CCCC1)c1c(F)c(F)c(F)c(F)c1F.C#CC(=O)N(c1ccc(-n2cnnn2)c(C)c1)C(C(=O)CC1CCCC1)c1ccc(F)c(F)c1.C#CC(=O)N(c1ccc(-n2cnnn2)c(C)c1)C(C(=O)CC1CCCC1)c1ccc(F)cc1.C#CC(=O)N(c1ccc(-n2cnnn2)c(C)c1)C(C(=O)CC1CCCC1)c1cccc(F)c1. The molecule has 0 radical (unpaired) electrons. The van der Waals surface area contributed by atoms with Gasteiger partial charge in [-0.3, -0.25) is 58.0 Å². The molecule has 4 unspecified atom stereocenters. The summed E-state index contributed by atoms with van der Waals surface area (Å²) in [7, 11) is 0. The molecule has 4 heterocycles. The molecule has 0 saturated heterocycles. The summed E-state index contributed by atoms with van der Waals surface area (Å²) < 4.78 is 134. The zero-order valence-electron chi connectivity index (χ0n) is 74.8. The molecule has 12 aromatic rings. The molecule has 16 rings (SSSR count). The molecular weight excluding hydrogens is 1780 g/mol. The number of hydrogen-bond acceptors (Lipinski definition) is 20. The minimum absolute atomic E-state index is 0.0917. The van der Waals surface area contributed by atoms with Crippen LogP contribution in [0.15, 0.2) is 165 Å². The normalized spacial score (nSPS) is 14.5. The first-order valence-corrected chi connectivity index (χ1v) is 44.1. The monoisotopic (exact) mass is 1870 g/mol. The highest BCUT2D eigenvalue weighted by Crippen LogP contribution is 2.43. The lowest BCUT2D eigenvalue weighted by molar-refractivity contribution is -0.124. The molecule has 8 aromatic carbocycles. The summed E-state index contributed by atoms with van der Waals surface area (Å²) in [6.45, 7) is 7.10. The van der Waals surface area contributed by atoms with Crippen molar-refractivity contribution in [2.24, 2.45) is 23.7 Å². The van der Waals surface area contributed by atoms with Crippen molar-refractivity contribution in [3.05, 3.63) is 262 Å². The second-order valence-electron chi connectivity index (χ2n) is 33.8. The second kappa shape index (κ2) is 45.3. The molecule has 4 fully saturated rings. The van der Waals surface area contributed by atoms with Gasteiger partial charge in [0.2, 0.25) is 5.82 Å². The zero-order chi connectivity index (χ0) is 97.8. The van der Waals surface area contributed by atoms with Crippen LogP contribution in [-0.4, -0.2) is 128 Å². The van der Waals surface area contributed by atoms with Gasteiger partial charge in [0.1, 0.15) is 61.1 Å². The predicted molar refractivity (Wildman–Crippen MR) is 484 cm³/mol.